The van der Waals surface area contributed by atoms with Gasteiger partial charge in [-0.2, -0.15) is 0 Å². The van der Waals surface area contributed by atoms with E-state index in [-0.39, 0.29) is 11.7 Å². The van der Waals surface area contributed by atoms with Crippen molar-refractivity contribution in [3.8, 4) is 11.5 Å². The Hall–Kier alpha value is -4.39. The van der Waals surface area contributed by atoms with Crippen molar-refractivity contribution in [3.05, 3.63) is 102 Å². The van der Waals surface area contributed by atoms with Crippen LogP contribution in [0.25, 0.3) is 6.08 Å². The number of aryl methyl sites for hydroxylation is 1. The molecule has 7 heteroatoms. The SMILES string of the molecule is COc1ccc(CCCC(=O)[C@H](Cc2ccc(OCCCOC=O)cc2)NC(=O)/C=C/c2ccccc2)cc1. The van der Waals surface area contributed by atoms with Crippen LogP contribution in [0.3, 0.4) is 0 Å². The summed E-state index contributed by atoms with van der Waals surface area (Å²) in [4.78, 5) is 36.1. The van der Waals surface area contributed by atoms with Crippen molar-refractivity contribution in [2.75, 3.05) is 20.3 Å². The molecule has 1 atom stereocenters. The van der Waals surface area contributed by atoms with E-state index in [0.717, 1.165) is 28.9 Å². The van der Waals surface area contributed by atoms with Crippen LogP contribution in [0.5, 0.6) is 11.5 Å². The Morgan fingerprint density at radius 2 is 1.54 bits per heavy atom. The first-order valence-corrected chi connectivity index (χ1v) is 13.0. The first kappa shape index (κ1) is 29.2. The van der Waals surface area contributed by atoms with Crippen LogP contribution in [-0.4, -0.2) is 44.5 Å². The van der Waals surface area contributed by atoms with Crippen LogP contribution in [0.4, 0.5) is 0 Å². The molecule has 0 radical (unpaired) electrons. The van der Waals surface area contributed by atoms with Gasteiger partial charge in [-0.15, -0.1) is 0 Å². The second-order valence-electron chi connectivity index (χ2n) is 8.99. The molecule has 0 aliphatic heterocycles. The van der Waals surface area contributed by atoms with Crippen molar-refractivity contribution in [2.24, 2.45) is 0 Å². The Bertz CT molecular complexity index is 1190. The number of ether oxygens (including phenoxy) is 3. The minimum Gasteiger partial charge on any atom is -0.497 e. The predicted octanol–water partition coefficient (Wildman–Crippen LogP) is 4.97. The molecule has 0 unspecified atom stereocenters. The summed E-state index contributed by atoms with van der Waals surface area (Å²) >= 11 is 0. The molecule has 0 aromatic heterocycles. The molecule has 0 saturated heterocycles. The molecular formula is C32H35NO6. The van der Waals surface area contributed by atoms with Crippen molar-refractivity contribution < 1.29 is 28.6 Å². The molecule has 0 aliphatic carbocycles. The van der Waals surface area contributed by atoms with Crippen LogP contribution < -0.4 is 14.8 Å². The summed E-state index contributed by atoms with van der Waals surface area (Å²) in [5.41, 5.74) is 2.94. The Morgan fingerprint density at radius 1 is 0.846 bits per heavy atom. The molecule has 39 heavy (non-hydrogen) atoms. The Morgan fingerprint density at radius 3 is 2.23 bits per heavy atom. The standard InChI is InChI=1S/C32H35NO6/c1-37-28-16-11-26(12-17-28)9-5-10-31(35)30(33-32(36)20-15-25-7-3-2-4-8-25)23-27-13-18-29(19-14-27)39-22-6-21-38-24-34/h2-4,7-8,11-20,24,30H,5-6,9-10,21-23H2,1H3,(H,33,36)/b20-15+/t30-/m0/s1. The lowest BCUT2D eigenvalue weighted by atomic mass is 9.97. The van der Waals surface area contributed by atoms with Crippen molar-refractivity contribution in [2.45, 2.75) is 38.1 Å². The van der Waals surface area contributed by atoms with Crippen LogP contribution in [-0.2, 0) is 32.0 Å². The predicted molar refractivity (Wildman–Crippen MR) is 151 cm³/mol. The molecule has 204 valence electrons. The van der Waals surface area contributed by atoms with E-state index in [1.54, 1.807) is 13.2 Å². The average Bonchev–Trinajstić information content (AvgIpc) is 2.97. The fourth-order valence-electron chi connectivity index (χ4n) is 3.97. The molecule has 3 rings (SSSR count). The first-order valence-electron chi connectivity index (χ1n) is 13.0. The summed E-state index contributed by atoms with van der Waals surface area (Å²) in [5, 5.41) is 2.90. The van der Waals surface area contributed by atoms with Crippen molar-refractivity contribution >= 4 is 24.2 Å². The zero-order chi connectivity index (χ0) is 27.7. The fourth-order valence-corrected chi connectivity index (χ4v) is 3.97. The first-order chi connectivity index (χ1) is 19.1. The van der Waals surface area contributed by atoms with E-state index in [1.165, 1.54) is 6.08 Å². The van der Waals surface area contributed by atoms with Gasteiger partial charge in [0.05, 0.1) is 26.4 Å². The number of ketones is 1. The fraction of sp³-hybridized carbons (Fsp3) is 0.281. The van der Waals surface area contributed by atoms with Gasteiger partial charge in [-0.25, -0.2) is 0 Å². The van der Waals surface area contributed by atoms with Gasteiger partial charge in [0, 0.05) is 18.9 Å². The molecule has 0 aliphatic rings. The lowest BCUT2D eigenvalue weighted by molar-refractivity contribution is -0.129. The summed E-state index contributed by atoms with van der Waals surface area (Å²) in [6.07, 6.45) is 5.94. The van der Waals surface area contributed by atoms with E-state index in [9.17, 15) is 14.4 Å². The van der Waals surface area contributed by atoms with Crippen molar-refractivity contribution in [1.82, 2.24) is 5.32 Å². The third-order valence-corrected chi connectivity index (χ3v) is 6.09. The van der Waals surface area contributed by atoms with E-state index in [4.69, 9.17) is 9.47 Å². The third kappa shape index (κ3) is 10.9. The summed E-state index contributed by atoms with van der Waals surface area (Å²) < 4.78 is 15.5. The number of amides is 1. The normalized spacial score (nSPS) is 11.5. The van der Waals surface area contributed by atoms with Crippen LogP contribution >= 0.6 is 0 Å². The number of hydrogen-bond donors (Lipinski definition) is 1. The van der Waals surface area contributed by atoms with E-state index in [2.05, 4.69) is 10.1 Å². The van der Waals surface area contributed by atoms with Crippen LogP contribution in [0, 0.1) is 0 Å². The average molecular weight is 530 g/mol. The molecule has 0 heterocycles. The minimum atomic E-state index is -0.652. The topological polar surface area (TPSA) is 90.9 Å². The number of methoxy groups -OCH3 is 1. The monoisotopic (exact) mass is 529 g/mol. The maximum atomic E-state index is 13.2. The van der Waals surface area contributed by atoms with Gasteiger partial charge in [0.25, 0.3) is 6.47 Å². The minimum absolute atomic E-state index is 0.0134. The van der Waals surface area contributed by atoms with E-state index in [1.807, 2.05) is 78.9 Å². The maximum Gasteiger partial charge on any atom is 0.293 e. The number of carbonyl (C=O) groups excluding carboxylic acids is 3. The molecular weight excluding hydrogens is 494 g/mol. The number of hydrogen-bond acceptors (Lipinski definition) is 6. The van der Waals surface area contributed by atoms with Gasteiger partial charge in [-0.3, -0.25) is 14.4 Å². The van der Waals surface area contributed by atoms with Crippen molar-refractivity contribution in [3.63, 3.8) is 0 Å². The van der Waals surface area contributed by atoms with Gasteiger partial charge in [0.1, 0.15) is 11.5 Å². The zero-order valence-corrected chi connectivity index (χ0v) is 22.2. The van der Waals surface area contributed by atoms with Gasteiger partial charge in [-0.05, 0) is 66.3 Å². The highest BCUT2D eigenvalue weighted by atomic mass is 16.5. The smallest absolute Gasteiger partial charge is 0.293 e. The Labute approximate surface area is 229 Å². The van der Waals surface area contributed by atoms with Gasteiger partial charge in [0.2, 0.25) is 5.91 Å². The maximum absolute atomic E-state index is 13.2. The molecule has 0 saturated carbocycles. The summed E-state index contributed by atoms with van der Waals surface area (Å²) in [6, 6.07) is 24.1. The summed E-state index contributed by atoms with van der Waals surface area (Å²) in [5.74, 6) is 1.15. The molecule has 1 amide bonds. The molecule has 3 aromatic carbocycles. The molecule has 0 spiro atoms. The number of carbonyl (C=O) groups is 3. The molecule has 1 N–H and O–H groups in total. The molecule has 0 fully saturated rings. The highest BCUT2D eigenvalue weighted by Gasteiger charge is 2.20. The van der Waals surface area contributed by atoms with Crippen molar-refractivity contribution in [1.29, 1.82) is 0 Å². The third-order valence-electron chi connectivity index (χ3n) is 6.09. The van der Waals surface area contributed by atoms with Crippen LogP contribution in [0.15, 0.2) is 84.9 Å². The molecule has 3 aromatic rings. The van der Waals surface area contributed by atoms with E-state index in [0.29, 0.717) is 51.1 Å². The summed E-state index contributed by atoms with van der Waals surface area (Å²) in [6.45, 7) is 1.15. The van der Waals surface area contributed by atoms with E-state index < -0.39 is 6.04 Å². The lowest BCUT2D eigenvalue weighted by Gasteiger charge is -2.17. The quantitative estimate of drug-likeness (QED) is 0.151. The second kappa shape index (κ2) is 16.5. The van der Waals surface area contributed by atoms with Gasteiger partial charge >= 0.3 is 0 Å². The van der Waals surface area contributed by atoms with Gasteiger partial charge in [-0.1, -0.05) is 54.6 Å². The van der Waals surface area contributed by atoms with E-state index >= 15 is 0 Å². The summed E-state index contributed by atoms with van der Waals surface area (Å²) in [7, 11) is 1.63. The number of rotatable bonds is 17. The van der Waals surface area contributed by atoms with Gasteiger partial charge < -0.3 is 19.5 Å². The number of Topliss-reactive ketones (excluding diaryl/α,β-unsaturated/α-hetero) is 1. The Balaban J connectivity index is 1.59. The van der Waals surface area contributed by atoms with Crippen LogP contribution in [0.2, 0.25) is 0 Å². The highest BCUT2D eigenvalue weighted by Crippen LogP contribution is 2.16. The van der Waals surface area contributed by atoms with Crippen LogP contribution in [0.1, 0.15) is 36.0 Å². The lowest BCUT2D eigenvalue weighted by Crippen LogP contribution is -2.41. The highest BCUT2D eigenvalue weighted by molar-refractivity contribution is 5.96. The zero-order valence-electron chi connectivity index (χ0n) is 22.2. The van der Waals surface area contributed by atoms with Gasteiger partial charge in [0.15, 0.2) is 5.78 Å². The number of benzene rings is 3. The molecule has 0 bridgehead atoms. The Kier molecular flexibility index (Phi) is 12.3. The second-order valence-corrected chi connectivity index (χ2v) is 8.99. The largest absolute Gasteiger partial charge is 0.497 e. The number of nitrogens with one attached hydrogen (secondary N) is 1. The molecule has 7 nitrogen and oxygen atoms in total.